The molecule has 1 heterocycles. The minimum atomic E-state index is 0.600. The first kappa shape index (κ1) is 14.0. The van der Waals surface area contributed by atoms with E-state index in [0.29, 0.717) is 5.92 Å². The lowest BCUT2D eigenvalue weighted by Crippen LogP contribution is -2.38. The van der Waals surface area contributed by atoms with E-state index in [-0.39, 0.29) is 0 Å². The lowest BCUT2D eigenvalue weighted by Gasteiger charge is -2.11. The molecule has 0 fully saturated rings. The number of thiophene rings is 1. The summed E-state index contributed by atoms with van der Waals surface area (Å²) in [5.74, 6) is 1.53. The second kappa shape index (κ2) is 8.12. The van der Waals surface area contributed by atoms with Crippen molar-refractivity contribution in [2.24, 2.45) is 10.9 Å². The van der Waals surface area contributed by atoms with Gasteiger partial charge in [-0.2, -0.15) is 0 Å². The maximum absolute atomic E-state index is 4.53. The summed E-state index contributed by atoms with van der Waals surface area (Å²) in [6.45, 7) is 9.16. The van der Waals surface area contributed by atoms with Gasteiger partial charge in [0.1, 0.15) is 0 Å². The molecule has 3 nitrogen and oxygen atoms in total. The summed E-state index contributed by atoms with van der Waals surface area (Å²) in [7, 11) is 0. The lowest BCUT2D eigenvalue weighted by atomic mass is 10.2. The van der Waals surface area contributed by atoms with Crippen LogP contribution in [0.2, 0.25) is 0 Å². The van der Waals surface area contributed by atoms with Gasteiger partial charge in [0.25, 0.3) is 0 Å². The Bertz CT molecular complexity index is 317. The molecule has 0 aliphatic rings. The minimum Gasteiger partial charge on any atom is -0.357 e. The molecule has 0 atom stereocenters. The summed E-state index contributed by atoms with van der Waals surface area (Å²) in [5.41, 5.74) is 0. The number of rotatable bonds is 6. The molecule has 0 aromatic carbocycles. The molecule has 0 unspecified atom stereocenters. The highest BCUT2D eigenvalue weighted by molar-refractivity contribution is 7.09. The van der Waals surface area contributed by atoms with Crippen LogP contribution in [0.15, 0.2) is 22.5 Å². The van der Waals surface area contributed by atoms with E-state index in [1.807, 2.05) is 0 Å². The molecule has 0 spiro atoms. The molecule has 1 aromatic rings. The fourth-order valence-electron chi connectivity index (χ4n) is 1.37. The molecule has 1 rings (SSSR count). The smallest absolute Gasteiger partial charge is 0.191 e. The maximum atomic E-state index is 4.53. The molecular formula is C13H23N3S. The third-order valence-electron chi connectivity index (χ3n) is 2.20. The van der Waals surface area contributed by atoms with Crippen LogP contribution in [0.25, 0.3) is 0 Å². The predicted molar refractivity (Wildman–Crippen MR) is 76.8 cm³/mol. The molecule has 2 N–H and O–H groups in total. The van der Waals surface area contributed by atoms with Crippen molar-refractivity contribution in [3.05, 3.63) is 22.4 Å². The summed E-state index contributed by atoms with van der Waals surface area (Å²) in [6, 6.07) is 4.27. The Morgan fingerprint density at radius 2 is 2.24 bits per heavy atom. The van der Waals surface area contributed by atoms with Gasteiger partial charge in [-0.15, -0.1) is 11.3 Å². The highest BCUT2D eigenvalue weighted by atomic mass is 32.1. The average Bonchev–Trinajstić information content (AvgIpc) is 2.78. The van der Waals surface area contributed by atoms with E-state index in [1.165, 1.54) is 4.88 Å². The van der Waals surface area contributed by atoms with Crippen molar-refractivity contribution < 1.29 is 0 Å². The average molecular weight is 253 g/mol. The van der Waals surface area contributed by atoms with Gasteiger partial charge >= 0.3 is 0 Å². The van der Waals surface area contributed by atoms with Gasteiger partial charge in [-0.1, -0.05) is 19.9 Å². The van der Waals surface area contributed by atoms with Gasteiger partial charge < -0.3 is 10.6 Å². The van der Waals surface area contributed by atoms with Gasteiger partial charge in [-0.3, -0.25) is 4.99 Å². The van der Waals surface area contributed by atoms with Crippen LogP contribution >= 0.6 is 11.3 Å². The van der Waals surface area contributed by atoms with Crippen molar-refractivity contribution in [2.75, 3.05) is 19.6 Å². The summed E-state index contributed by atoms with van der Waals surface area (Å²) in [4.78, 5) is 5.94. The lowest BCUT2D eigenvalue weighted by molar-refractivity contribution is 0.656. The van der Waals surface area contributed by atoms with Crippen LogP contribution in [0.1, 0.15) is 25.6 Å². The zero-order valence-electron chi connectivity index (χ0n) is 11.0. The van der Waals surface area contributed by atoms with Gasteiger partial charge in [-0.05, 0) is 30.7 Å². The molecule has 0 saturated heterocycles. The number of nitrogens with zero attached hydrogens (tertiary/aromatic N) is 1. The van der Waals surface area contributed by atoms with Crippen molar-refractivity contribution in [3.8, 4) is 0 Å². The third kappa shape index (κ3) is 6.31. The van der Waals surface area contributed by atoms with Gasteiger partial charge in [0, 0.05) is 24.5 Å². The van der Waals surface area contributed by atoms with Gasteiger partial charge in [-0.25, -0.2) is 0 Å². The van der Waals surface area contributed by atoms with Crippen molar-refractivity contribution >= 4 is 17.3 Å². The molecule has 0 aliphatic carbocycles. The van der Waals surface area contributed by atoms with E-state index < -0.39 is 0 Å². The molecule has 4 heteroatoms. The Kier molecular flexibility index (Phi) is 6.70. The van der Waals surface area contributed by atoms with Gasteiger partial charge in [0.15, 0.2) is 5.96 Å². The van der Waals surface area contributed by atoms with Crippen LogP contribution < -0.4 is 10.6 Å². The number of aliphatic imine (C=N–C) groups is 1. The Labute approximate surface area is 108 Å². The Balaban J connectivity index is 2.31. The molecule has 17 heavy (non-hydrogen) atoms. The quantitative estimate of drug-likeness (QED) is 0.604. The summed E-state index contributed by atoms with van der Waals surface area (Å²) >= 11 is 1.81. The van der Waals surface area contributed by atoms with E-state index in [0.717, 1.165) is 32.0 Å². The first-order valence-electron chi connectivity index (χ1n) is 6.27. The van der Waals surface area contributed by atoms with Crippen LogP contribution in [0.3, 0.4) is 0 Å². The fourth-order valence-corrected chi connectivity index (χ4v) is 2.08. The maximum Gasteiger partial charge on any atom is 0.191 e. The van der Waals surface area contributed by atoms with Crippen molar-refractivity contribution in [1.82, 2.24) is 10.6 Å². The first-order valence-corrected chi connectivity index (χ1v) is 7.15. The van der Waals surface area contributed by atoms with E-state index in [4.69, 9.17) is 0 Å². The normalized spacial score (nSPS) is 11.9. The summed E-state index contributed by atoms with van der Waals surface area (Å²) < 4.78 is 0. The predicted octanol–water partition coefficient (Wildman–Crippen LogP) is 2.50. The number of nitrogens with one attached hydrogen (secondary N) is 2. The summed E-state index contributed by atoms with van der Waals surface area (Å²) in [5, 5.41) is 8.74. The third-order valence-corrected chi connectivity index (χ3v) is 3.14. The number of hydrogen-bond acceptors (Lipinski definition) is 2. The molecule has 96 valence electrons. The zero-order valence-corrected chi connectivity index (χ0v) is 11.8. The number of hydrogen-bond donors (Lipinski definition) is 2. The number of guanidine groups is 1. The van der Waals surface area contributed by atoms with Crippen LogP contribution in [0.4, 0.5) is 0 Å². The Morgan fingerprint density at radius 1 is 1.41 bits per heavy atom. The second-order valence-electron chi connectivity index (χ2n) is 4.37. The highest BCUT2D eigenvalue weighted by Crippen LogP contribution is 2.07. The van der Waals surface area contributed by atoms with Gasteiger partial charge in [0.05, 0.1) is 0 Å². The highest BCUT2D eigenvalue weighted by Gasteiger charge is 1.99. The van der Waals surface area contributed by atoms with Crippen molar-refractivity contribution in [1.29, 1.82) is 0 Å². The molecule has 0 amide bonds. The van der Waals surface area contributed by atoms with Crippen LogP contribution in [0, 0.1) is 5.92 Å². The molecule has 0 radical (unpaired) electrons. The fraction of sp³-hybridized carbons (Fsp3) is 0.615. The molecule has 0 aliphatic heterocycles. The zero-order chi connectivity index (χ0) is 12.5. The minimum absolute atomic E-state index is 0.600. The van der Waals surface area contributed by atoms with E-state index in [1.54, 1.807) is 11.3 Å². The van der Waals surface area contributed by atoms with Crippen LogP contribution in [-0.2, 0) is 6.42 Å². The van der Waals surface area contributed by atoms with Gasteiger partial charge in [0.2, 0.25) is 0 Å². The molecule has 0 bridgehead atoms. The second-order valence-corrected chi connectivity index (χ2v) is 5.40. The monoisotopic (exact) mass is 253 g/mol. The largest absolute Gasteiger partial charge is 0.357 e. The van der Waals surface area contributed by atoms with Crippen molar-refractivity contribution in [3.63, 3.8) is 0 Å². The Hall–Kier alpha value is -1.03. The van der Waals surface area contributed by atoms with E-state index >= 15 is 0 Å². The van der Waals surface area contributed by atoms with E-state index in [2.05, 4.69) is 53.9 Å². The molecule has 1 aromatic heterocycles. The van der Waals surface area contributed by atoms with Crippen molar-refractivity contribution in [2.45, 2.75) is 27.2 Å². The topological polar surface area (TPSA) is 36.4 Å². The van der Waals surface area contributed by atoms with E-state index in [9.17, 15) is 0 Å². The van der Waals surface area contributed by atoms with Crippen LogP contribution in [-0.4, -0.2) is 25.6 Å². The summed E-state index contributed by atoms with van der Waals surface area (Å²) in [6.07, 6.45) is 1.06. The Morgan fingerprint density at radius 3 is 2.82 bits per heavy atom. The molecule has 0 saturated carbocycles. The first-order chi connectivity index (χ1) is 8.22. The standard InChI is InChI=1S/C13H23N3S/c1-4-14-13(16-10-11(2)3)15-8-7-12-6-5-9-17-12/h5-6,9,11H,4,7-8,10H2,1-3H3,(H2,14,15,16). The SMILES string of the molecule is CCNC(=NCC(C)C)NCCc1cccs1. The van der Waals surface area contributed by atoms with Crippen LogP contribution in [0.5, 0.6) is 0 Å². The molecular weight excluding hydrogens is 230 g/mol.